The average Bonchev–Trinajstić information content (AvgIpc) is 3.27. The number of sulfonamides is 1. The minimum atomic E-state index is -3.74. The average molecular weight is 453 g/mol. The van der Waals surface area contributed by atoms with Crippen LogP contribution in [0.25, 0.3) is 22.2 Å². The summed E-state index contributed by atoms with van der Waals surface area (Å²) in [4.78, 5) is 4.28. The van der Waals surface area contributed by atoms with Crippen LogP contribution in [0.2, 0.25) is 0 Å². The molecule has 5 nitrogen and oxygen atoms in total. The van der Waals surface area contributed by atoms with Gasteiger partial charge in [-0.1, -0.05) is 0 Å². The lowest BCUT2D eigenvalue weighted by atomic mass is 10.1. The Balaban J connectivity index is 1.68. The Hall–Kier alpha value is -2.59. The van der Waals surface area contributed by atoms with Crippen LogP contribution in [0.3, 0.4) is 0 Å². The van der Waals surface area contributed by atoms with E-state index in [9.17, 15) is 26.0 Å². The highest BCUT2D eigenvalue weighted by atomic mass is 32.2. The number of nitrogens with one attached hydrogen (secondary N) is 1. The van der Waals surface area contributed by atoms with Crippen LogP contribution in [0.1, 0.15) is 12.8 Å². The number of halogens is 4. The molecule has 2 aliphatic heterocycles. The maximum atomic E-state index is 14.2. The lowest BCUT2D eigenvalue weighted by Crippen LogP contribution is -2.41. The van der Waals surface area contributed by atoms with E-state index in [1.807, 2.05) is 0 Å². The molecule has 10 heteroatoms. The third kappa shape index (κ3) is 3.38. The molecule has 2 saturated heterocycles. The molecule has 0 unspecified atom stereocenters. The summed E-state index contributed by atoms with van der Waals surface area (Å²) in [6, 6.07) is 7.64. The summed E-state index contributed by atoms with van der Waals surface area (Å²) in [6.45, 7) is 0.406. The van der Waals surface area contributed by atoms with Gasteiger partial charge in [-0.2, -0.15) is 4.31 Å². The number of aromatic nitrogens is 1. The van der Waals surface area contributed by atoms with Gasteiger partial charge < -0.3 is 9.88 Å². The van der Waals surface area contributed by atoms with Crippen LogP contribution < -0.4 is 4.90 Å². The van der Waals surface area contributed by atoms with Crippen molar-refractivity contribution in [3.8, 4) is 11.3 Å². The highest BCUT2D eigenvalue weighted by Crippen LogP contribution is 2.40. The first-order chi connectivity index (χ1) is 14.7. The number of alkyl halides is 2. The summed E-state index contributed by atoms with van der Waals surface area (Å²) in [5.74, 6) is -4.17. The van der Waals surface area contributed by atoms with Crippen LogP contribution in [-0.2, 0) is 10.0 Å². The Bertz CT molecular complexity index is 1250. The number of rotatable bonds is 4. The molecule has 2 fully saturated rings. The number of fused-ring (bicyclic) bond motifs is 1. The summed E-state index contributed by atoms with van der Waals surface area (Å²) < 4.78 is 83.3. The minimum Gasteiger partial charge on any atom is -0.365 e. The molecule has 2 aliphatic rings. The van der Waals surface area contributed by atoms with Gasteiger partial charge in [-0.15, -0.1) is 0 Å². The molecule has 31 heavy (non-hydrogen) atoms. The minimum absolute atomic E-state index is 0.00343. The van der Waals surface area contributed by atoms with E-state index in [-0.39, 0.29) is 34.5 Å². The first-order valence-electron chi connectivity index (χ1n) is 9.90. The molecule has 1 N–H and O–H groups in total. The molecule has 164 valence electrons. The maximum absolute atomic E-state index is 14.2. The first kappa shape index (κ1) is 20.3. The van der Waals surface area contributed by atoms with E-state index < -0.39 is 34.1 Å². The molecular formula is C21H19F4N3O2S. The zero-order valence-electron chi connectivity index (χ0n) is 16.3. The standard InChI is InChI=1S/C21H19F4N3O2S/c22-16-3-4-17(23)20-14(16)11-18(26-20)15-10-13(31(29,30)28-7-1-8-28)2-5-19(15)27-9-6-21(24,25)12-27/h2-5,10-11,26H,1,6-9,12H2. The Morgan fingerprint density at radius 2 is 1.71 bits per heavy atom. The Labute approximate surface area is 176 Å². The summed E-state index contributed by atoms with van der Waals surface area (Å²) in [7, 11) is -3.74. The van der Waals surface area contributed by atoms with Crippen LogP contribution >= 0.6 is 0 Å². The Kier molecular flexibility index (Phi) is 4.56. The van der Waals surface area contributed by atoms with Crippen molar-refractivity contribution >= 4 is 26.6 Å². The second-order valence-corrected chi connectivity index (χ2v) is 9.90. The lowest BCUT2D eigenvalue weighted by Gasteiger charge is -2.30. The van der Waals surface area contributed by atoms with Gasteiger partial charge in [-0.25, -0.2) is 26.0 Å². The quantitative estimate of drug-likeness (QED) is 0.598. The zero-order chi connectivity index (χ0) is 22.0. The van der Waals surface area contributed by atoms with Crippen molar-refractivity contribution in [1.82, 2.24) is 9.29 Å². The fraction of sp³-hybridized carbons (Fsp3) is 0.333. The fourth-order valence-corrected chi connectivity index (χ4v) is 5.62. The van der Waals surface area contributed by atoms with E-state index in [0.717, 1.165) is 18.6 Å². The van der Waals surface area contributed by atoms with Crippen LogP contribution in [0, 0.1) is 11.6 Å². The smallest absolute Gasteiger partial charge is 0.266 e. The van der Waals surface area contributed by atoms with Gasteiger partial charge in [0.05, 0.1) is 17.0 Å². The highest BCUT2D eigenvalue weighted by Gasteiger charge is 2.39. The monoisotopic (exact) mass is 453 g/mol. The maximum Gasteiger partial charge on any atom is 0.266 e. The Morgan fingerprint density at radius 3 is 2.32 bits per heavy atom. The summed E-state index contributed by atoms with van der Waals surface area (Å²) in [5.41, 5.74) is 0.870. The molecule has 1 aromatic heterocycles. The van der Waals surface area contributed by atoms with E-state index >= 15 is 0 Å². The number of hydrogen-bond acceptors (Lipinski definition) is 3. The normalized spacial score (nSPS) is 19.2. The van der Waals surface area contributed by atoms with Crippen molar-refractivity contribution in [3.05, 3.63) is 48.0 Å². The second-order valence-electron chi connectivity index (χ2n) is 7.96. The highest BCUT2D eigenvalue weighted by molar-refractivity contribution is 7.89. The summed E-state index contributed by atoms with van der Waals surface area (Å²) in [5, 5.41) is 0.00343. The van der Waals surface area contributed by atoms with Gasteiger partial charge in [0.2, 0.25) is 10.0 Å². The van der Waals surface area contributed by atoms with Gasteiger partial charge in [0, 0.05) is 48.4 Å². The number of benzene rings is 2. The number of aromatic amines is 1. The summed E-state index contributed by atoms with van der Waals surface area (Å²) in [6.07, 6.45) is 0.448. The molecule has 3 heterocycles. The van der Waals surface area contributed by atoms with Crippen molar-refractivity contribution in [2.24, 2.45) is 0 Å². The largest absolute Gasteiger partial charge is 0.365 e. The molecular weight excluding hydrogens is 434 g/mol. The van der Waals surface area contributed by atoms with Crippen molar-refractivity contribution in [1.29, 1.82) is 0 Å². The van der Waals surface area contributed by atoms with Crippen LogP contribution in [0.15, 0.2) is 41.3 Å². The predicted octanol–water partition coefficient (Wildman–Crippen LogP) is 4.35. The van der Waals surface area contributed by atoms with Gasteiger partial charge in [0.1, 0.15) is 11.6 Å². The zero-order valence-corrected chi connectivity index (χ0v) is 17.2. The molecule has 0 bridgehead atoms. The molecule has 0 amide bonds. The Morgan fingerprint density at radius 1 is 0.968 bits per heavy atom. The second kappa shape index (κ2) is 6.96. The van der Waals surface area contributed by atoms with Crippen molar-refractivity contribution in [3.63, 3.8) is 0 Å². The molecule has 3 aromatic rings. The first-order valence-corrected chi connectivity index (χ1v) is 11.3. The SMILES string of the molecule is O=S(=O)(c1ccc(N2CCC(F)(F)C2)c(-c2cc3c(F)ccc(F)c3[nH]2)c1)N1CCC1. The van der Waals surface area contributed by atoms with Gasteiger partial charge in [0.25, 0.3) is 5.92 Å². The number of hydrogen-bond donors (Lipinski definition) is 1. The van der Waals surface area contributed by atoms with Gasteiger partial charge in [-0.05, 0) is 42.8 Å². The number of H-pyrrole nitrogens is 1. The molecule has 2 aromatic carbocycles. The van der Waals surface area contributed by atoms with E-state index in [1.54, 1.807) is 0 Å². The van der Waals surface area contributed by atoms with Gasteiger partial charge >= 0.3 is 0 Å². The number of anilines is 1. The van der Waals surface area contributed by atoms with E-state index in [1.165, 1.54) is 33.5 Å². The van der Waals surface area contributed by atoms with E-state index in [2.05, 4.69) is 4.98 Å². The van der Waals surface area contributed by atoms with Gasteiger partial charge in [0.15, 0.2) is 0 Å². The van der Waals surface area contributed by atoms with Crippen molar-refractivity contribution in [2.75, 3.05) is 31.1 Å². The molecule has 0 spiro atoms. The van der Waals surface area contributed by atoms with Crippen LogP contribution in [-0.4, -0.2) is 49.8 Å². The van der Waals surface area contributed by atoms with E-state index in [4.69, 9.17) is 0 Å². The van der Waals surface area contributed by atoms with Crippen LogP contribution in [0.4, 0.5) is 23.2 Å². The summed E-state index contributed by atoms with van der Waals surface area (Å²) >= 11 is 0. The number of nitrogens with zero attached hydrogens (tertiary/aromatic N) is 2. The lowest BCUT2D eigenvalue weighted by molar-refractivity contribution is 0.0257. The molecule has 0 aliphatic carbocycles. The third-order valence-corrected chi connectivity index (χ3v) is 7.81. The van der Waals surface area contributed by atoms with Crippen molar-refractivity contribution in [2.45, 2.75) is 23.7 Å². The predicted molar refractivity (Wildman–Crippen MR) is 109 cm³/mol. The molecule has 0 radical (unpaired) electrons. The van der Waals surface area contributed by atoms with Crippen LogP contribution in [0.5, 0.6) is 0 Å². The van der Waals surface area contributed by atoms with Crippen molar-refractivity contribution < 1.29 is 26.0 Å². The molecule has 0 atom stereocenters. The van der Waals surface area contributed by atoms with E-state index in [0.29, 0.717) is 24.3 Å². The van der Waals surface area contributed by atoms with Gasteiger partial charge in [-0.3, -0.25) is 0 Å². The fourth-order valence-electron chi connectivity index (χ4n) is 4.08. The third-order valence-electron chi connectivity index (χ3n) is 5.91. The topological polar surface area (TPSA) is 56.4 Å². The molecule has 0 saturated carbocycles. The molecule has 5 rings (SSSR count).